The van der Waals surface area contributed by atoms with Crippen molar-refractivity contribution in [2.45, 2.75) is 73.6 Å². The van der Waals surface area contributed by atoms with Crippen LogP contribution in [0.15, 0.2) is 4.99 Å². The van der Waals surface area contributed by atoms with Crippen molar-refractivity contribution >= 4 is 29.9 Å². The van der Waals surface area contributed by atoms with E-state index in [1.807, 2.05) is 11.6 Å². The summed E-state index contributed by atoms with van der Waals surface area (Å²) in [4.78, 5) is 7.25. The summed E-state index contributed by atoms with van der Waals surface area (Å²) in [7, 11) is 1.71. The van der Waals surface area contributed by atoms with Crippen LogP contribution in [0.1, 0.15) is 51.6 Å². The number of rotatable bonds is 11. The quantitative estimate of drug-likeness (QED) is 0.274. The average molecular weight is 508 g/mol. The van der Waals surface area contributed by atoms with Crippen LogP contribution in [0.3, 0.4) is 0 Å². The summed E-state index contributed by atoms with van der Waals surface area (Å²) in [6.45, 7) is 20.0. The van der Waals surface area contributed by atoms with Crippen molar-refractivity contribution in [2.75, 3.05) is 33.4 Å². The van der Waals surface area contributed by atoms with Gasteiger partial charge in [-0.25, -0.2) is 4.99 Å². The van der Waals surface area contributed by atoms with Gasteiger partial charge < -0.3 is 15.4 Å². The molecule has 1 rings (SSSR count). The Morgan fingerprint density at radius 2 is 1.82 bits per heavy atom. The van der Waals surface area contributed by atoms with Gasteiger partial charge in [0, 0.05) is 50.1 Å². The predicted octanol–water partition coefficient (Wildman–Crippen LogP) is 2.94. The SMILES string of the molecule is CCNC(=NCc1c(C)nn(CCOC)c1C)NCCN(C(C)C)C(C)C.I. The summed E-state index contributed by atoms with van der Waals surface area (Å²) in [6, 6.07) is 1.07. The number of hydrogen-bond acceptors (Lipinski definition) is 4. The lowest BCUT2D eigenvalue weighted by atomic mass is 10.2. The van der Waals surface area contributed by atoms with Crippen molar-refractivity contribution in [3.8, 4) is 0 Å². The van der Waals surface area contributed by atoms with Gasteiger partial charge in [-0.05, 0) is 48.5 Å². The Bertz CT molecular complexity index is 577. The van der Waals surface area contributed by atoms with Crippen molar-refractivity contribution in [3.05, 3.63) is 17.0 Å². The molecule has 0 aliphatic rings. The van der Waals surface area contributed by atoms with Gasteiger partial charge in [0.05, 0.1) is 25.4 Å². The number of aromatic nitrogens is 2. The summed E-state index contributed by atoms with van der Waals surface area (Å²) in [5, 5.41) is 11.4. The van der Waals surface area contributed by atoms with E-state index in [-0.39, 0.29) is 24.0 Å². The van der Waals surface area contributed by atoms with Crippen LogP contribution < -0.4 is 10.6 Å². The second kappa shape index (κ2) is 14.2. The normalized spacial score (nSPS) is 12.0. The third-order valence-corrected chi connectivity index (χ3v) is 4.77. The van der Waals surface area contributed by atoms with E-state index in [0.717, 1.165) is 43.5 Å². The number of aryl methyl sites for hydroxylation is 1. The Morgan fingerprint density at radius 1 is 1.18 bits per heavy atom. The number of halogens is 1. The lowest BCUT2D eigenvalue weighted by molar-refractivity contribution is 0.178. The first-order valence-electron chi connectivity index (χ1n) is 10.1. The fraction of sp³-hybridized carbons (Fsp3) is 0.800. The molecule has 164 valence electrons. The molecule has 1 aromatic rings. The summed E-state index contributed by atoms with van der Waals surface area (Å²) in [5.74, 6) is 0.855. The van der Waals surface area contributed by atoms with Gasteiger partial charge in [0.1, 0.15) is 0 Å². The molecule has 28 heavy (non-hydrogen) atoms. The maximum atomic E-state index is 5.16. The molecule has 0 spiro atoms. The molecule has 0 radical (unpaired) electrons. The second-order valence-electron chi connectivity index (χ2n) is 7.41. The first-order chi connectivity index (χ1) is 12.8. The second-order valence-corrected chi connectivity index (χ2v) is 7.41. The number of guanidine groups is 1. The van der Waals surface area contributed by atoms with Gasteiger partial charge in [0.2, 0.25) is 0 Å². The molecule has 0 atom stereocenters. The summed E-state index contributed by atoms with van der Waals surface area (Å²) in [6.07, 6.45) is 0. The number of ether oxygens (including phenoxy) is 1. The lowest BCUT2D eigenvalue weighted by Gasteiger charge is -2.30. The van der Waals surface area contributed by atoms with Gasteiger partial charge in [-0.2, -0.15) is 5.10 Å². The minimum Gasteiger partial charge on any atom is -0.383 e. The highest BCUT2D eigenvalue weighted by Crippen LogP contribution is 2.14. The van der Waals surface area contributed by atoms with E-state index in [2.05, 4.69) is 62.2 Å². The number of aliphatic imine (C=N–C) groups is 1. The molecule has 0 saturated heterocycles. The van der Waals surface area contributed by atoms with Crippen LogP contribution in [0.4, 0.5) is 0 Å². The number of methoxy groups -OCH3 is 1. The average Bonchev–Trinajstić information content (AvgIpc) is 2.87. The Labute approximate surface area is 188 Å². The van der Waals surface area contributed by atoms with E-state index in [4.69, 9.17) is 9.73 Å². The molecule has 0 saturated carbocycles. The molecule has 1 aromatic heterocycles. The standard InChI is InChI=1S/C20H40N6O.HI/c1-9-21-20(22-10-11-25(15(2)3)16(4)5)23-14-19-17(6)24-26(18(19)7)12-13-27-8;/h15-16H,9-14H2,1-8H3,(H2,21,22,23);1H. The van der Waals surface area contributed by atoms with Crippen molar-refractivity contribution in [2.24, 2.45) is 4.99 Å². The van der Waals surface area contributed by atoms with E-state index in [1.54, 1.807) is 7.11 Å². The maximum Gasteiger partial charge on any atom is 0.191 e. The van der Waals surface area contributed by atoms with Crippen LogP contribution in [0.2, 0.25) is 0 Å². The molecular formula is C20H41IN6O. The van der Waals surface area contributed by atoms with E-state index in [1.165, 1.54) is 5.56 Å². The van der Waals surface area contributed by atoms with E-state index in [0.29, 0.717) is 25.2 Å². The lowest BCUT2D eigenvalue weighted by Crippen LogP contribution is -2.45. The molecule has 0 fully saturated rings. The molecule has 8 heteroatoms. The first-order valence-corrected chi connectivity index (χ1v) is 10.1. The summed E-state index contributed by atoms with van der Waals surface area (Å²) < 4.78 is 7.17. The molecular weight excluding hydrogens is 467 g/mol. The monoisotopic (exact) mass is 508 g/mol. The van der Waals surface area contributed by atoms with Crippen LogP contribution in [0, 0.1) is 13.8 Å². The highest BCUT2D eigenvalue weighted by atomic mass is 127. The van der Waals surface area contributed by atoms with Gasteiger partial charge in [0.15, 0.2) is 5.96 Å². The van der Waals surface area contributed by atoms with Crippen LogP contribution in [0.25, 0.3) is 0 Å². The number of nitrogens with one attached hydrogen (secondary N) is 2. The van der Waals surface area contributed by atoms with Crippen LogP contribution in [-0.4, -0.2) is 66.1 Å². The van der Waals surface area contributed by atoms with Gasteiger partial charge in [-0.15, -0.1) is 24.0 Å². The zero-order valence-electron chi connectivity index (χ0n) is 19.0. The fourth-order valence-electron chi connectivity index (χ4n) is 3.27. The third-order valence-electron chi connectivity index (χ3n) is 4.77. The van der Waals surface area contributed by atoms with E-state index < -0.39 is 0 Å². The predicted molar refractivity (Wildman–Crippen MR) is 129 cm³/mol. The minimum atomic E-state index is 0. The topological polar surface area (TPSA) is 66.7 Å². The molecule has 2 N–H and O–H groups in total. The summed E-state index contributed by atoms with van der Waals surface area (Å²) in [5.41, 5.74) is 3.39. The smallest absolute Gasteiger partial charge is 0.191 e. The molecule has 7 nitrogen and oxygen atoms in total. The van der Waals surface area contributed by atoms with E-state index in [9.17, 15) is 0 Å². The third kappa shape index (κ3) is 8.65. The Kier molecular flexibility index (Phi) is 13.7. The van der Waals surface area contributed by atoms with Crippen LogP contribution >= 0.6 is 24.0 Å². The molecule has 0 amide bonds. The fourth-order valence-corrected chi connectivity index (χ4v) is 3.27. The van der Waals surface area contributed by atoms with Crippen LogP contribution in [-0.2, 0) is 17.8 Å². The Morgan fingerprint density at radius 3 is 2.36 bits per heavy atom. The Balaban J connectivity index is 0.00000729. The van der Waals surface area contributed by atoms with Crippen molar-refractivity contribution < 1.29 is 4.74 Å². The van der Waals surface area contributed by atoms with Gasteiger partial charge in [-0.3, -0.25) is 9.58 Å². The van der Waals surface area contributed by atoms with Crippen molar-refractivity contribution in [1.29, 1.82) is 0 Å². The molecule has 0 bridgehead atoms. The zero-order chi connectivity index (χ0) is 20.4. The highest BCUT2D eigenvalue weighted by molar-refractivity contribution is 14.0. The molecule has 1 heterocycles. The van der Waals surface area contributed by atoms with Crippen LogP contribution in [0.5, 0.6) is 0 Å². The summed E-state index contributed by atoms with van der Waals surface area (Å²) >= 11 is 0. The molecule has 0 aliphatic carbocycles. The molecule has 0 aromatic carbocycles. The number of hydrogen-bond donors (Lipinski definition) is 2. The van der Waals surface area contributed by atoms with E-state index >= 15 is 0 Å². The molecule has 0 unspecified atom stereocenters. The molecule has 0 aliphatic heterocycles. The maximum absolute atomic E-state index is 5.16. The minimum absolute atomic E-state index is 0. The highest BCUT2D eigenvalue weighted by Gasteiger charge is 2.13. The first kappa shape index (κ1) is 27.1. The largest absolute Gasteiger partial charge is 0.383 e. The van der Waals surface area contributed by atoms with Crippen molar-refractivity contribution in [3.63, 3.8) is 0 Å². The van der Waals surface area contributed by atoms with Gasteiger partial charge >= 0.3 is 0 Å². The Hall–Kier alpha value is -0.870. The van der Waals surface area contributed by atoms with Gasteiger partial charge in [-0.1, -0.05) is 0 Å². The zero-order valence-corrected chi connectivity index (χ0v) is 21.3. The number of nitrogens with zero attached hydrogens (tertiary/aromatic N) is 4. The van der Waals surface area contributed by atoms with Crippen molar-refractivity contribution in [1.82, 2.24) is 25.3 Å². The van der Waals surface area contributed by atoms with Gasteiger partial charge in [0.25, 0.3) is 0 Å².